The van der Waals surface area contributed by atoms with E-state index in [0.717, 1.165) is 19.4 Å². The van der Waals surface area contributed by atoms with Crippen LogP contribution in [0.15, 0.2) is 24.3 Å². The van der Waals surface area contributed by atoms with Crippen molar-refractivity contribution in [3.63, 3.8) is 0 Å². The molecule has 1 heterocycles. The Morgan fingerprint density at radius 1 is 1.53 bits per heavy atom. The summed E-state index contributed by atoms with van der Waals surface area (Å²) in [5.74, 6) is -0.494. The number of benzene rings is 1. The van der Waals surface area contributed by atoms with Gasteiger partial charge < -0.3 is 10.4 Å². The lowest BCUT2D eigenvalue weighted by Gasteiger charge is -2.22. The lowest BCUT2D eigenvalue weighted by Crippen LogP contribution is -2.34. The second-order valence-corrected chi connectivity index (χ2v) is 4.82. The van der Waals surface area contributed by atoms with Crippen molar-refractivity contribution >= 4 is 11.6 Å². The molecule has 0 aromatic heterocycles. The van der Waals surface area contributed by atoms with E-state index >= 15 is 0 Å². The van der Waals surface area contributed by atoms with E-state index < -0.39 is 0 Å². The summed E-state index contributed by atoms with van der Waals surface area (Å²) in [6.45, 7) is 1.70. The number of halogens is 1. The molecule has 0 unspecified atom stereocenters. The number of aliphatic hydroxyl groups is 1. The number of nitrogens with one attached hydrogen (secondary N) is 1. The summed E-state index contributed by atoms with van der Waals surface area (Å²) in [5, 5.41) is 11.9. The standard InChI is InChI=1S/C14H19FN2O2/c15-11-3-1-4-12(9-11)16-14(19)6-8-17-7-2-5-13(17)10-18/h1,3-4,9,13,18H,2,5-8,10H2,(H,16,19)/t13-/m1/s1. The summed E-state index contributed by atoms with van der Waals surface area (Å²) in [6, 6.07) is 6.04. The molecule has 2 N–H and O–H groups in total. The van der Waals surface area contributed by atoms with Crippen LogP contribution in [0.3, 0.4) is 0 Å². The summed E-state index contributed by atoms with van der Waals surface area (Å²) in [6.07, 6.45) is 2.41. The fourth-order valence-corrected chi connectivity index (χ4v) is 2.43. The second kappa shape index (κ2) is 6.63. The molecule has 19 heavy (non-hydrogen) atoms. The van der Waals surface area contributed by atoms with Crippen LogP contribution in [0, 0.1) is 5.82 Å². The molecule has 1 atom stereocenters. The molecule has 0 spiro atoms. The van der Waals surface area contributed by atoms with Crippen molar-refractivity contribution in [2.24, 2.45) is 0 Å². The number of anilines is 1. The third kappa shape index (κ3) is 4.01. The molecule has 1 amide bonds. The second-order valence-electron chi connectivity index (χ2n) is 4.82. The summed E-state index contributed by atoms with van der Waals surface area (Å²) in [7, 11) is 0. The van der Waals surface area contributed by atoms with E-state index in [9.17, 15) is 14.3 Å². The summed E-state index contributed by atoms with van der Waals surface area (Å²) in [4.78, 5) is 13.9. The highest BCUT2D eigenvalue weighted by Crippen LogP contribution is 2.17. The van der Waals surface area contributed by atoms with Gasteiger partial charge in [-0.05, 0) is 37.6 Å². The quantitative estimate of drug-likeness (QED) is 0.851. The third-order valence-corrected chi connectivity index (χ3v) is 3.44. The van der Waals surface area contributed by atoms with Crippen LogP contribution in [0.4, 0.5) is 10.1 Å². The molecular weight excluding hydrogens is 247 g/mol. The van der Waals surface area contributed by atoms with Crippen LogP contribution in [-0.4, -0.2) is 41.7 Å². The molecule has 1 aromatic carbocycles. The van der Waals surface area contributed by atoms with Gasteiger partial charge >= 0.3 is 0 Å². The Labute approximate surface area is 112 Å². The fraction of sp³-hybridized carbons (Fsp3) is 0.500. The maximum Gasteiger partial charge on any atom is 0.225 e. The molecule has 104 valence electrons. The molecule has 1 fully saturated rings. The van der Waals surface area contributed by atoms with Crippen molar-refractivity contribution in [2.45, 2.75) is 25.3 Å². The third-order valence-electron chi connectivity index (χ3n) is 3.44. The van der Waals surface area contributed by atoms with Crippen molar-refractivity contribution in [1.29, 1.82) is 0 Å². The van der Waals surface area contributed by atoms with Gasteiger partial charge in [-0.1, -0.05) is 6.07 Å². The number of amides is 1. The molecule has 1 aliphatic heterocycles. The van der Waals surface area contributed by atoms with E-state index in [-0.39, 0.29) is 24.4 Å². The highest BCUT2D eigenvalue weighted by Gasteiger charge is 2.23. The van der Waals surface area contributed by atoms with Gasteiger partial charge in [0.1, 0.15) is 5.82 Å². The number of carbonyl (C=O) groups is 1. The Morgan fingerprint density at radius 3 is 3.11 bits per heavy atom. The first-order chi connectivity index (χ1) is 9.19. The molecule has 2 rings (SSSR count). The van der Waals surface area contributed by atoms with E-state index in [0.29, 0.717) is 18.7 Å². The Kier molecular flexibility index (Phi) is 4.87. The zero-order valence-corrected chi connectivity index (χ0v) is 10.8. The Balaban J connectivity index is 1.78. The minimum absolute atomic E-state index is 0.130. The van der Waals surface area contributed by atoms with Gasteiger partial charge in [0.05, 0.1) is 6.61 Å². The maximum absolute atomic E-state index is 13.0. The van der Waals surface area contributed by atoms with Gasteiger partial charge in [0.2, 0.25) is 5.91 Å². The molecule has 0 bridgehead atoms. The molecule has 1 saturated heterocycles. The Hall–Kier alpha value is -1.46. The van der Waals surface area contributed by atoms with Gasteiger partial charge in [0.15, 0.2) is 0 Å². The van der Waals surface area contributed by atoms with Crippen molar-refractivity contribution in [2.75, 3.05) is 25.0 Å². The topological polar surface area (TPSA) is 52.6 Å². The first-order valence-electron chi connectivity index (χ1n) is 6.59. The molecule has 0 radical (unpaired) electrons. The van der Waals surface area contributed by atoms with Gasteiger partial charge in [-0.15, -0.1) is 0 Å². The van der Waals surface area contributed by atoms with Crippen LogP contribution in [-0.2, 0) is 4.79 Å². The number of carbonyl (C=O) groups excluding carboxylic acids is 1. The van der Waals surface area contributed by atoms with E-state index in [2.05, 4.69) is 10.2 Å². The molecule has 4 nitrogen and oxygen atoms in total. The average Bonchev–Trinajstić information content (AvgIpc) is 2.83. The van der Waals surface area contributed by atoms with E-state index in [1.807, 2.05) is 0 Å². The molecular formula is C14H19FN2O2. The van der Waals surface area contributed by atoms with Gasteiger partial charge in [0.25, 0.3) is 0 Å². The van der Waals surface area contributed by atoms with E-state index in [4.69, 9.17) is 0 Å². The summed E-state index contributed by atoms with van der Waals surface area (Å²) >= 11 is 0. The zero-order chi connectivity index (χ0) is 13.7. The average molecular weight is 266 g/mol. The lowest BCUT2D eigenvalue weighted by molar-refractivity contribution is -0.116. The largest absolute Gasteiger partial charge is 0.395 e. The van der Waals surface area contributed by atoms with Crippen molar-refractivity contribution in [3.8, 4) is 0 Å². The highest BCUT2D eigenvalue weighted by atomic mass is 19.1. The van der Waals surface area contributed by atoms with Crippen molar-refractivity contribution in [1.82, 2.24) is 4.90 Å². The van der Waals surface area contributed by atoms with Crippen LogP contribution in [0.1, 0.15) is 19.3 Å². The van der Waals surface area contributed by atoms with Crippen LogP contribution in [0.2, 0.25) is 0 Å². The van der Waals surface area contributed by atoms with Gasteiger partial charge in [-0.25, -0.2) is 4.39 Å². The SMILES string of the molecule is O=C(CCN1CCC[C@@H]1CO)Nc1cccc(F)c1. The number of rotatable bonds is 5. The van der Waals surface area contributed by atoms with Crippen LogP contribution < -0.4 is 5.32 Å². The first kappa shape index (κ1) is 14.0. The molecule has 1 aromatic rings. The predicted molar refractivity (Wildman–Crippen MR) is 71.3 cm³/mol. The van der Waals surface area contributed by atoms with Crippen molar-refractivity contribution < 1.29 is 14.3 Å². The number of likely N-dealkylation sites (tertiary alicyclic amines) is 1. The predicted octanol–water partition coefficient (Wildman–Crippen LogP) is 1.61. The summed E-state index contributed by atoms with van der Waals surface area (Å²) < 4.78 is 13.0. The lowest BCUT2D eigenvalue weighted by atomic mass is 10.2. The first-order valence-corrected chi connectivity index (χ1v) is 6.59. The monoisotopic (exact) mass is 266 g/mol. The van der Waals surface area contributed by atoms with Crippen LogP contribution in [0.5, 0.6) is 0 Å². The molecule has 1 aliphatic rings. The van der Waals surface area contributed by atoms with E-state index in [1.165, 1.54) is 12.1 Å². The minimum Gasteiger partial charge on any atom is -0.395 e. The fourth-order valence-electron chi connectivity index (χ4n) is 2.43. The molecule has 0 aliphatic carbocycles. The smallest absolute Gasteiger partial charge is 0.225 e. The normalized spacial score (nSPS) is 19.6. The van der Waals surface area contributed by atoms with E-state index in [1.54, 1.807) is 12.1 Å². The van der Waals surface area contributed by atoms with Gasteiger partial charge in [-0.3, -0.25) is 9.69 Å². The number of nitrogens with zero attached hydrogens (tertiary/aromatic N) is 1. The number of aliphatic hydroxyl groups excluding tert-OH is 1. The minimum atomic E-state index is -0.363. The Bertz CT molecular complexity index is 439. The maximum atomic E-state index is 13.0. The van der Waals surface area contributed by atoms with Crippen molar-refractivity contribution in [3.05, 3.63) is 30.1 Å². The molecule has 5 heteroatoms. The summed E-state index contributed by atoms with van der Waals surface area (Å²) in [5.41, 5.74) is 0.477. The van der Waals surface area contributed by atoms with Gasteiger partial charge in [0, 0.05) is 24.7 Å². The zero-order valence-electron chi connectivity index (χ0n) is 10.8. The number of hydrogen-bond acceptors (Lipinski definition) is 3. The highest BCUT2D eigenvalue weighted by molar-refractivity contribution is 5.90. The van der Waals surface area contributed by atoms with Crippen LogP contribution >= 0.6 is 0 Å². The number of hydrogen-bond donors (Lipinski definition) is 2. The van der Waals surface area contributed by atoms with Gasteiger partial charge in [-0.2, -0.15) is 0 Å². The van der Waals surface area contributed by atoms with Crippen LogP contribution in [0.25, 0.3) is 0 Å². The molecule has 0 saturated carbocycles. The Morgan fingerprint density at radius 2 is 2.37 bits per heavy atom.